The maximum Gasteiger partial charge on any atom is 0.573 e. The Morgan fingerprint density at radius 1 is 0.852 bits per heavy atom. The van der Waals surface area contributed by atoms with Gasteiger partial charge in [0.2, 0.25) is 0 Å². The monoisotopic (exact) mass is 376 g/mol. The summed E-state index contributed by atoms with van der Waals surface area (Å²) in [6.07, 6.45) is -0.325. The molecule has 0 bridgehead atoms. The van der Waals surface area contributed by atoms with Gasteiger partial charge in [-0.1, -0.05) is 54.6 Å². The zero-order valence-electron chi connectivity index (χ0n) is 15.0. The molecule has 0 N–H and O–H groups in total. The van der Waals surface area contributed by atoms with Crippen molar-refractivity contribution in [1.29, 1.82) is 0 Å². The highest BCUT2D eigenvalue weighted by molar-refractivity contribution is 5.48. The Bertz CT molecular complexity index is 721. The molecule has 1 saturated heterocycles. The summed E-state index contributed by atoms with van der Waals surface area (Å²) in [6.45, 7) is 5.51. The summed E-state index contributed by atoms with van der Waals surface area (Å²) in [5, 5.41) is 0. The van der Waals surface area contributed by atoms with Gasteiger partial charge in [0.1, 0.15) is 5.75 Å². The van der Waals surface area contributed by atoms with E-state index in [9.17, 15) is 13.2 Å². The van der Waals surface area contributed by atoms with E-state index in [0.717, 1.165) is 44.8 Å². The van der Waals surface area contributed by atoms with Gasteiger partial charge in [0, 0.05) is 39.3 Å². The smallest absolute Gasteiger partial charge is 0.406 e. The number of nitrogens with zero attached hydrogens (tertiary/aromatic N) is 2. The first-order valence-electron chi connectivity index (χ1n) is 8.99. The van der Waals surface area contributed by atoms with Crippen molar-refractivity contribution in [3.63, 3.8) is 0 Å². The van der Waals surface area contributed by atoms with Gasteiger partial charge in [0.15, 0.2) is 0 Å². The van der Waals surface area contributed by atoms with E-state index in [0.29, 0.717) is 0 Å². The molecule has 1 aliphatic heterocycles. The van der Waals surface area contributed by atoms with Gasteiger partial charge in [-0.25, -0.2) is 0 Å². The van der Waals surface area contributed by atoms with Crippen LogP contribution >= 0.6 is 0 Å². The van der Waals surface area contributed by atoms with E-state index >= 15 is 0 Å². The van der Waals surface area contributed by atoms with Crippen LogP contribution in [0.25, 0.3) is 6.08 Å². The van der Waals surface area contributed by atoms with Gasteiger partial charge in [-0.05, 0) is 23.3 Å². The second-order valence-corrected chi connectivity index (χ2v) is 6.58. The fourth-order valence-corrected chi connectivity index (χ4v) is 3.09. The Morgan fingerprint density at radius 3 is 2.11 bits per heavy atom. The molecule has 0 radical (unpaired) electrons. The molecule has 1 aliphatic rings. The molecule has 27 heavy (non-hydrogen) atoms. The van der Waals surface area contributed by atoms with Crippen LogP contribution in [0.4, 0.5) is 13.2 Å². The highest BCUT2D eigenvalue weighted by Crippen LogP contribution is 2.23. The van der Waals surface area contributed by atoms with E-state index in [1.807, 2.05) is 18.2 Å². The molecular formula is C21H23F3N2O. The number of halogens is 3. The number of piperazine rings is 1. The van der Waals surface area contributed by atoms with Gasteiger partial charge in [-0.2, -0.15) is 0 Å². The average molecular weight is 376 g/mol. The summed E-state index contributed by atoms with van der Waals surface area (Å²) in [4.78, 5) is 4.72. The van der Waals surface area contributed by atoms with Crippen molar-refractivity contribution < 1.29 is 17.9 Å². The normalized spacial score (nSPS) is 16.7. The number of rotatable bonds is 6. The number of alkyl halides is 3. The lowest BCUT2D eigenvalue weighted by Gasteiger charge is -2.34. The van der Waals surface area contributed by atoms with Gasteiger partial charge < -0.3 is 4.74 Å². The highest BCUT2D eigenvalue weighted by atomic mass is 19.4. The van der Waals surface area contributed by atoms with Crippen LogP contribution in [0, 0.1) is 0 Å². The molecule has 2 aromatic carbocycles. The van der Waals surface area contributed by atoms with Crippen molar-refractivity contribution in [1.82, 2.24) is 9.80 Å². The van der Waals surface area contributed by atoms with Crippen LogP contribution in [0.2, 0.25) is 0 Å². The molecule has 0 spiro atoms. The zero-order chi connectivity index (χ0) is 19.1. The minimum absolute atomic E-state index is 0.179. The van der Waals surface area contributed by atoms with Crippen molar-refractivity contribution >= 4 is 6.08 Å². The van der Waals surface area contributed by atoms with E-state index in [4.69, 9.17) is 0 Å². The van der Waals surface area contributed by atoms with Gasteiger partial charge in [0.25, 0.3) is 0 Å². The lowest BCUT2D eigenvalue weighted by Crippen LogP contribution is -2.45. The maximum atomic E-state index is 12.2. The second-order valence-electron chi connectivity index (χ2n) is 6.58. The molecule has 2 aromatic rings. The van der Waals surface area contributed by atoms with E-state index in [2.05, 4.69) is 38.8 Å². The van der Waals surface area contributed by atoms with Crippen LogP contribution in [0.5, 0.6) is 5.75 Å². The number of hydrogen-bond donors (Lipinski definition) is 0. The van der Waals surface area contributed by atoms with E-state index in [1.165, 1.54) is 17.7 Å². The molecule has 1 heterocycles. The highest BCUT2D eigenvalue weighted by Gasteiger charge is 2.31. The second kappa shape index (κ2) is 9.06. The number of hydrogen-bond acceptors (Lipinski definition) is 3. The molecule has 0 atom stereocenters. The van der Waals surface area contributed by atoms with Crippen molar-refractivity contribution in [3.8, 4) is 5.75 Å². The van der Waals surface area contributed by atoms with E-state index in [1.54, 1.807) is 12.1 Å². The molecular weight excluding hydrogens is 353 g/mol. The first kappa shape index (κ1) is 19.5. The van der Waals surface area contributed by atoms with Crippen molar-refractivity contribution in [2.24, 2.45) is 0 Å². The standard InChI is InChI=1S/C21H23F3N2O/c22-21(23,24)27-20-10-8-19(9-11-20)17-26-15-13-25(14-16-26)12-4-7-18-5-2-1-3-6-18/h1-11H,12-17H2. The lowest BCUT2D eigenvalue weighted by atomic mass is 10.2. The first-order valence-corrected chi connectivity index (χ1v) is 8.99. The minimum Gasteiger partial charge on any atom is -0.406 e. The van der Waals surface area contributed by atoms with Crippen molar-refractivity contribution in [2.45, 2.75) is 12.9 Å². The van der Waals surface area contributed by atoms with Crippen LogP contribution in [0.1, 0.15) is 11.1 Å². The summed E-state index contributed by atoms with van der Waals surface area (Å²) in [7, 11) is 0. The van der Waals surface area contributed by atoms with Crippen LogP contribution in [0.15, 0.2) is 60.7 Å². The molecule has 0 saturated carbocycles. The van der Waals surface area contributed by atoms with E-state index < -0.39 is 6.36 Å². The largest absolute Gasteiger partial charge is 0.573 e. The molecule has 1 fully saturated rings. The third-order valence-corrected chi connectivity index (χ3v) is 4.50. The molecule has 6 heteroatoms. The Hall–Kier alpha value is -2.31. The molecule has 0 aromatic heterocycles. The number of benzene rings is 2. The van der Waals surface area contributed by atoms with Crippen LogP contribution in [-0.4, -0.2) is 48.9 Å². The topological polar surface area (TPSA) is 15.7 Å². The molecule has 0 amide bonds. The van der Waals surface area contributed by atoms with Gasteiger partial charge in [0.05, 0.1) is 0 Å². The number of ether oxygens (including phenoxy) is 1. The average Bonchev–Trinajstić information content (AvgIpc) is 2.64. The summed E-state index contributed by atoms with van der Waals surface area (Å²) in [5.41, 5.74) is 2.19. The Kier molecular flexibility index (Phi) is 6.53. The summed E-state index contributed by atoms with van der Waals surface area (Å²) in [6, 6.07) is 16.3. The fourth-order valence-electron chi connectivity index (χ4n) is 3.09. The van der Waals surface area contributed by atoms with Crippen molar-refractivity contribution in [3.05, 3.63) is 71.8 Å². The quantitative estimate of drug-likeness (QED) is 0.742. The fraction of sp³-hybridized carbons (Fsp3) is 0.333. The Labute approximate surface area is 157 Å². The summed E-state index contributed by atoms with van der Waals surface area (Å²) >= 11 is 0. The summed E-state index contributed by atoms with van der Waals surface area (Å²) in [5.74, 6) is -0.179. The van der Waals surface area contributed by atoms with Gasteiger partial charge in [-0.3, -0.25) is 9.80 Å². The molecule has 3 rings (SSSR count). The first-order chi connectivity index (χ1) is 13.0. The van der Waals surface area contributed by atoms with Crippen LogP contribution < -0.4 is 4.74 Å². The van der Waals surface area contributed by atoms with E-state index in [-0.39, 0.29) is 5.75 Å². The molecule has 0 unspecified atom stereocenters. The Balaban J connectivity index is 1.41. The van der Waals surface area contributed by atoms with Crippen molar-refractivity contribution in [2.75, 3.05) is 32.7 Å². The summed E-state index contributed by atoms with van der Waals surface area (Å²) < 4.78 is 40.5. The lowest BCUT2D eigenvalue weighted by molar-refractivity contribution is -0.274. The Morgan fingerprint density at radius 2 is 1.48 bits per heavy atom. The SMILES string of the molecule is FC(F)(F)Oc1ccc(CN2CCN(CC=Cc3ccccc3)CC2)cc1. The van der Waals surface area contributed by atoms with Gasteiger partial charge in [-0.15, -0.1) is 13.2 Å². The maximum absolute atomic E-state index is 12.2. The van der Waals surface area contributed by atoms with Gasteiger partial charge >= 0.3 is 6.36 Å². The molecule has 0 aliphatic carbocycles. The third-order valence-electron chi connectivity index (χ3n) is 4.50. The third kappa shape index (κ3) is 6.73. The minimum atomic E-state index is -4.65. The van der Waals surface area contributed by atoms with Crippen LogP contribution in [0.3, 0.4) is 0 Å². The predicted octanol–water partition coefficient (Wildman–Crippen LogP) is 4.42. The predicted molar refractivity (Wildman–Crippen MR) is 100 cm³/mol. The zero-order valence-corrected chi connectivity index (χ0v) is 15.0. The molecule has 144 valence electrons. The van der Waals surface area contributed by atoms with Crippen LogP contribution in [-0.2, 0) is 6.54 Å². The molecule has 3 nitrogen and oxygen atoms in total.